The molecule has 0 aliphatic carbocycles. The average Bonchev–Trinajstić information content (AvgIpc) is 3.28. The number of rotatable bonds is 8. The highest BCUT2D eigenvalue weighted by molar-refractivity contribution is 9.11. The van der Waals surface area contributed by atoms with Crippen LogP contribution in [0.25, 0.3) is 0 Å². The van der Waals surface area contributed by atoms with Gasteiger partial charge in [-0.15, -0.1) is 0 Å². The van der Waals surface area contributed by atoms with Gasteiger partial charge in [0, 0.05) is 63.3 Å². The molecular formula is C36H45Br2N5O7. The number of carboxylic acids is 1. The van der Waals surface area contributed by atoms with Crippen LogP contribution >= 0.6 is 31.9 Å². The Bertz CT molecular complexity index is 1550. The Kier molecular flexibility index (Phi) is 11.9. The van der Waals surface area contributed by atoms with Gasteiger partial charge in [-0.25, -0.2) is 9.59 Å². The number of halogens is 2. The number of aromatic hydroxyl groups is 1. The molecule has 6 rings (SSSR count). The van der Waals surface area contributed by atoms with Crippen LogP contribution in [-0.2, 0) is 27.2 Å². The number of piperidine rings is 3. The highest BCUT2D eigenvalue weighted by Crippen LogP contribution is 2.34. The summed E-state index contributed by atoms with van der Waals surface area (Å²) in [6.45, 7) is 4.25. The molecule has 2 aromatic carbocycles. The maximum atomic E-state index is 14.0. The third-order valence-corrected chi connectivity index (χ3v) is 11.9. The summed E-state index contributed by atoms with van der Waals surface area (Å²) in [7, 11) is 0. The molecule has 0 saturated carbocycles. The smallest absolute Gasteiger partial charge is 0.410 e. The Balaban J connectivity index is 1.06. The summed E-state index contributed by atoms with van der Waals surface area (Å²) in [5, 5.41) is 22.4. The minimum atomic E-state index is -1.05. The number of carbonyl (C=O) groups is 4. The SMILES string of the molecule is O=C(O)CC1CCN(C2CCN(C(=O)[C@@H](Cc3cc(Br)c(O)c(Br)c3)OC(=O)N3CCC(N4CCc5ccccc5NC4=O)CC3)CC2)CC1. The van der Waals surface area contributed by atoms with Gasteiger partial charge in [0.1, 0.15) is 5.75 Å². The fraction of sp³-hybridized carbons (Fsp3) is 0.556. The number of ether oxygens (including phenoxy) is 1. The van der Waals surface area contributed by atoms with Crippen molar-refractivity contribution in [2.75, 3.05) is 51.1 Å². The number of fused-ring (bicyclic) bond motifs is 1. The summed E-state index contributed by atoms with van der Waals surface area (Å²) in [5.74, 6) is -0.714. The second-order valence-corrected chi connectivity index (χ2v) is 15.6. The number of nitrogens with zero attached hydrogens (tertiary/aromatic N) is 4. The van der Waals surface area contributed by atoms with Crippen LogP contribution < -0.4 is 5.32 Å². The lowest BCUT2D eigenvalue weighted by atomic mass is 9.91. The molecule has 14 heteroatoms. The molecule has 0 radical (unpaired) electrons. The van der Waals surface area contributed by atoms with Gasteiger partial charge >= 0.3 is 18.1 Å². The number of para-hydroxylation sites is 1. The molecule has 3 fully saturated rings. The number of hydrogen-bond acceptors (Lipinski definition) is 7. The van der Waals surface area contributed by atoms with Gasteiger partial charge in [-0.2, -0.15) is 0 Å². The highest BCUT2D eigenvalue weighted by atomic mass is 79.9. The molecule has 3 N–H and O–H groups in total. The molecular weight excluding hydrogens is 774 g/mol. The van der Waals surface area contributed by atoms with E-state index < -0.39 is 18.2 Å². The second kappa shape index (κ2) is 16.3. The molecule has 0 aromatic heterocycles. The van der Waals surface area contributed by atoms with Gasteiger partial charge in [0.15, 0.2) is 6.10 Å². The first kappa shape index (κ1) is 36.4. The third kappa shape index (κ3) is 8.74. The van der Waals surface area contributed by atoms with Crippen LogP contribution in [-0.4, -0.2) is 118 Å². The van der Waals surface area contributed by atoms with E-state index in [0.29, 0.717) is 60.6 Å². The van der Waals surface area contributed by atoms with E-state index in [1.54, 1.807) is 21.9 Å². The van der Waals surface area contributed by atoms with Crippen molar-refractivity contribution >= 4 is 61.5 Å². The molecule has 0 unspecified atom stereocenters. The normalized spacial score (nSPS) is 20.5. The zero-order valence-corrected chi connectivity index (χ0v) is 31.2. The Morgan fingerprint density at radius 1 is 0.860 bits per heavy atom. The first-order valence-corrected chi connectivity index (χ1v) is 19.2. The van der Waals surface area contributed by atoms with E-state index in [-0.39, 0.29) is 42.5 Å². The van der Waals surface area contributed by atoms with Gasteiger partial charge in [0.05, 0.1) is 8.95 Å². The van der Waals surface area contributed by atoms with E-state index in [1.165, 1.54) is 0 Å². The lowest BCUT2D eigenvalue weighted by molar-refractivity contribution is -0.142. The number of amides is 4. The van der Waals surface area contributed by atoms with E-state index in [4.69, 9.17) is 9.84 Å². The number of aliphatic carboxylic acids is 1. The lowest BCUT2D eigenvalue weighted by Gasteiger charge is -2.42. The van der Waals surface area contributed by atoms with Crippen molar-refractivity contribution in [2.45, 2.75) is 76.0 Å². The minimum absolute atomic E-state index is 0.0123. The van der Waals surface area contributed by atoms with Crippen molar-refractivity contribution in [3.05, 3.63) is 56.5 Å². The quantitative estimate of drug-likeness (QED) is 0.308. The number of phenolic OH excluding ortho intramolecular Hbond substituents is 1. The number of carbonyl (C=O) groups excluding carboxylic acids is 3. The number of phenols is 1. The van der Waals surface area contributed by atoms with Crippen LogP contribution in [0.2, 0.25) is 0 Å². The topological polar surface area (TPSA) is 143 Å². The minimum Gasteiger partial charge on any atom is -0.506 e. The van der Waals surface area contributed by atoms with Gasteiger partial charge in [-0.05, 0) is 125 Å². The lowest BCUT2D eigenvalue weighted by Crippen LogP contribution is -2.53. The molecule has 4 amide bonds. The number of benzene rings is 2. The van der Waals surface area contributed by atoms with E-state index in [2.05, 4.69) is 42.1 Å². The average molecular weight is 820 g/mol. The second-order valence-electron chi connectivity index (χ2n) is 13.9. The van der Waals surface area contributed by atoms with Gasteiger partial charge < -0.3 is 39.9 Å². The molecule has 2 aromatic rings. The maximum Gasteiger partial charge on any atom is 0.410 e. The van der Waals surface area contributed by atoms with Gasteiger partial charge in [0.2, 0.25) is 0 Å². The molecule has 0 bridgehead atoms. The monoisotopic (exact) mass is 817 g/mol. The highest BCUT2D eigenvalue weighted by Gasteiger charge is 2.37. The van der Waals surface area contributed by atoms with Crippen molar-refractivity contribution in [3.63, 3.8) is 0 Å². The van der Waals surface area contributed by atoms with E-state index in [0.717, 1.165) is 62.0 Å². The van der Waals surface area contributed by atoms with Gasteiger partial charge in [0.25, 0.3) is 5.91 Å². The summed E-state index contributed by atoms with van der Waals surface area (Å²) in [5.41, 5.74) is 2.67. The van der Waals surface area contributed by atoms with Crippen molar-refractivity contribution in [3.8, 4) is 5.75 Å². The Morgan fingerprint density at radius 2 is 1.48 bits per heavy atom. The van der Waals surface area contributed by atoms with Crippen LogP contribution in [0.15, 0.2) is 45.3 Å². The summed E-state index contributed by atoms with van der Waals surface area (Å²) >= 11 is 6.74. The number of nitrogens with one attached hydrogen (secondary N) is 1. The first-order chi connectivity index (χ1) is 24.0. The van der Waals surface area contributed by atoms with Crippen LogP contribution in [0.5, 0.6) is 5.75 Å². The zero-order chi connectivity index (χ0) is 35.4. The van der Waals surface area contributed by atoms with Crippen LogP contribution in [0.3, 0.4) is 0 Å². The molecule has 0 spiro atoms. The van der Waals surface area contributed by atoms with Crippen molar-refractivity contribution in [1.29, 1.82) is 0 Å². The largest absolute Gasteiger partial charge is 0.506 e. The van der Waals surface area contributed by atoms with Crippen molar-refractivity contribution in [1.82, 2.24) is 19.6 Å². The number of anilines is 1. The third-order valence-electron chi connectivity index (χ3n) is 10.7. The number of hydrogen-bond donors (Lipinski definition) is 3. The van der Waals surface area contributed by atoms with E-state index in [9.17, 15) is 24.3 Å². The van der Waals surface area contributed by atoms with Gasteiger partial charge in [-0.1, -0.05) is 18.2 Å². The Hall–Kier alpha value is -3.36. The fourth-order valence-corrected chi connectivity index (χ4v) is 9.13. The van der Waals surface area contributed by atoms with E-state index >= 15 is 0 Å². The van der Waals surface area contributed by atoms with Crippen LogP contribution in [0.4, 0.5) is 15.3 Å². The maximum absolute atomic E-state index is 14.0. The van der Waals surface area contributed by atoms with Crippen LogP contribution in [0, 0.1) is 5.92 Å². The summed E-state index contributed by atoms with van der Waals surface area (Å²) < 4.78 is 6.96. The molecule has 270 valence electrons. The summed E-state index contributed by atoms with van der Waals surface area (Å²) in [4.78, 5) is 59.6. The standard InChI is InChI=1S/C36H45Br2N5O7/c37-28-19-24(20-29(38)33(28)46)21-31(34(47)41-14-8-26(9-15-41)40-12-5-23(6-13-40)22-32(44)45)50-36(49)42-16-10-27(11-17-42)43-18-7-25-3-1-2-4-30(25)39-35(43)48/h1-4,19-20,23,26-27,31,46H,5-18,21-22H2,(H,39,48)(H,44,45)/t31-/m1/s1. The zero-order valence-electron chi connectivity index (χ0n) is 28.1. The van der Waals surface area contributed by atoms with Crippen molar-refractivity contribution < 1.29 is 34.1 Å². The molecule has 4 heterocycles. The number of likely N-dealkylation sites (tertiary alicyclic amines) is 3. The predicted octanol–water partition coefficient (Wildman–Crippen LogP) is 5.70. The molecule has 50 heavy (non-hydrogen) atoms. The first-order valence-electron chi connectivity index (χ1n) is 17.6. The Morgan fingerprint density at radius 3 is 2.14 bits per heavy atom. The summed E-state index contributed by atoms with van der Waals surface area (Å²) in [6, 6.07) is 11.5. The number of carboxylic acid groups (broad SMARTS) is 1. The van der Waals surface area contributed by atoms with Gasteiger partial charge in [-0.3, -0.25) is 9.59 Å². The van der Waals surface area contributed by atoms with Crippen molar-refractivity contribution in [2.24, 2.45) is 5.92 Å². The predicted molar refractivity (Wildman–Crippen MR) is 194 cm³/mol. The molecule has 4 aliphatic heterocycles. The Labute approximate surface area is 309 Å². The molecule has 3 saturated heterocycles. The molecule has 4 aliphatic rings. The number of urea groups is 1. The molecule has 12 nitrogen and oxygen atoms in total. The van der Waals surface area contributed by atoms with Crippen LogP contribution in [0.1, 0.15) is 56.1 Å². The summed E-state index contributed by atoms with van der Waals surface area (Å²) in [6.07, 6.45) is 4.08. The fourth-order valence-electron chi connectivity index (χ4n) is 7.85. The van der Waals surface area contributed by atoms with E-state index in [1.807, 2.05) is 29.2 Å². The molecule has 1 atom stereocenters.